The first kappa shape index (κ1) is 27.9. The minimum absolute atomic E-state index is 0.0720. The van der Waals surface area contributed by atoms with Crippen molar-refractivity contribution < 1.29 is 29.1 Å². The molecule has 6 N–H and O–H groups in total. The van der Waals surface area contributed by atoms with E-state index in [0.717, 1.165) is 11.3 Å². The average molecular weight is 484 g/mol. The van der Waals surface area contributed by atoms with E-state index in [0.29, 0.717) is 24.0 Å². The number of nitrogens with one attached hydrogen (secondary N) is 5. The standard InChI is InChI=1S/C21H33N5O6S/c1-12(2)8-22-20(31)15(5-6-18(28)29)25-16(27)10-23-19(30)14-7-17(33-11-14)26-21(32)24-9-13(3)4/h7,11-13,15H,5-6,8-10H2,1-4H3,(H,22,31)(H,23,30)(H,25,27)(H,28,29)(H2,24,26,32). The van der Waals surface area contributed by atoms with Crippen molar-refractivity contribution in [3.8, 4) is 0 Å². The van der Waals surface area contributed by atoms with Crippen molar-refractivity contribution in [2.24, 2.45) is 11.8 Å². The smallest absolute Gasteiger partial charge is 0.319 e. The number of rotatable bonds is 13. The van der Waals surface area contributed by atoms with Gasteiger partial charge in [-0.15, -0.1) is 11.3 Å². The van der Waals surface area contributed by atoms with Gasteiger partial charge in [-0.25, -0.2) is 4.79 Å². The third kappa shape index (κ3) is 11.9. The van der Waals surface area contributed by atoms with Crippen molar-refractivity contribution in [3.05, 3.63) is 17.0 Å². The molecule has 0 saturated carbocycles. The maximum Gasteiger partial charge on any atom is 0.319 e. The van der Waals surface area contributed by atoms with Gasteiger partial charge in [-0.3, -0.25) is 24.5 Å². The normalized spacial score (nSPS) is 11.6. The van der Waals surface area contributed by atoms with Gasteiger partial charge in [-0.1, -0.05) is 27.7 Å². The van der Waals surface area contributed by atoms with Gasteiger partial charge in [0.2, 0.25) is 11.8 Å². The third-order valence-corrected chi connectivity index (χ3v) is 5.01. The molecule has 1 heterocycles. The molecule has 0 aliphatic rings. The number of carbonyl (C=O) groups is 5. The van der Waals surface area contributed by atoms with E-state index in [1.54, 1.807) is 5.38 Å². The highest BCUT2D eigenvalue weighted by Gasteiger charge is 2.22. The molecular formula is C21H33N5O6S. The quantitative estimate of drug-likeness (QED) is 0.248. The van der Waals surface area contributed by atoms with Crippen molar-refractivity contribution in [3.63, 3.8) is 0 Å². The molecule has 5 amide bonds. The topological polar surface area (TPSA) is 166 Å². The molecule has 0 radical (unpaired) electrons. The summed E-state index contributed by atoms with van der Waals surface area (Å²) >= 11 is 1.16. The van der Waals surface area contributed by atoms with Gasteiger partial charge in [-0.2, -0.15) is 0 Å². The van der Waals surface area contributed by atoms with Crippen molar-refractivity contribution in [1.29, 1.82) is 0 Å². The first-order valence-corrected chi connectivity index (χ1v) is 11.6. The molecule has 1 aromatic rings. The molecule has 0 aliphatic heterocycles. The van der Waals surface area contributed by atoms with Crippen molar-refractivity contribution in [2.45, 2.75) is 46.6 Å². The molecule has 1 unspecified atom stereocenters. The van der Waals surface area contributed by atoms with Gasteiger partial charge >= 0.3 is 12.0 Å². The summed E-state index contributed by atoms with van der Waals surface area (Å²) in [5.74, 6) is -2.22. The Morgan fingerprint density at radius 3 is 2.21 bits per heavy atom. The largest absolute Gasteiger partial charge is 0.481 e. The van der Waals surface area contributed by atoms with E-state index in [9.17, 15) is 24.0 Å². The fraction of sp³-hybridized carbons (Fsp3) is 0.571. The maximum absolute atomic E-state index is 12.3. The Morgan fingerprint density at radius 1 is 0.970 bits per heavy atom. The Hall–Kier alpha value is -3.15. The molecule has 0 aromatic carbocycles. The number of anilines is 1. The second kappa shape index (κ2) is 14.1. The van der Waals surface area contributed by atoms with E-state index in [-0.39, 0.29) is 30.4 Å². The summed E-state index contributed by atoms with van der Waals surface area (Å²) in [5, 5.41) is 23.8. The summed E-state index contributed by atoms with van der Waals surface area (Å²) in [4.78, 5) is 59.5. The highest BCUT2D eigenvalue weighted by atomic mass is 32.1. The van der Waals surface area contributed by atoms with Crippen LogP contribution in [-0.4, -0.2) is 60.5 Å². The molecule has 0 saturated heterocycles. The summed E-state index contributed by atoms with van der Waals surface area (Å²) in [6.07, 6.45) is -0.362. The van der Waals surface area contributed by atoms with Crippen molar-refractivity contribution in [2.75, 3.05) is 25.0 Å². The predicted octanol–water partition coefficient (Wildman–Crippen LogP) is 1.38. The minimum Gasteiger partial charge on any atom is -0.481 e. The van der Waals surface area contributed by atoms with Crippen LogP contribution in [0.3, 0.4) is 0 Å². The molecular weight excluding hydrogens is 450 g/mol. The number of aliphatic carboxylic acids is 1. The van der Waals surface area contributed by atoms with Gasteiger partial charge in [0.15, 0.2) is 0 Å². The van der Waals surface area contributed by atoms with Crippen LogP contribution in [0.15, 0.2) is 11.4 Å². The number of urea groups is 1. The van der Waals surface area contributed by atoms with Gasteiger partial charge in [-0.05, 0) is 24.3 Å². The predicted molar refractivity (Wildman–Crippen MR) is 125 cm³/mol. The fourth-order valence-corrected chi connectivity index (χ4v) is 3.22. The van der Waals surface area contributed by atoms with E-state index >= 15 is 0 Å². The van der Waals surface area contributed by atoms with E-state index in [4.69, 9.17) is 5.11 Å². The molecule has 0 bridgehead atoms. The van der Waals surface area contributed by atoms with Crippen LogP contribution in [0.5, 0.6) is 0 Å². The minimum atomic E-state index is -1.08. The highest BCUT2D eigenvalue weighted by Crippen LogP contribution is 2.20. The van der Waals surface area contributed by atoms with Crippen LogP contribution in [-0.2, 0) is 14.4 Å². The number of thiophene rings is 1. The van der Waals surface area contributed by atoms with Crippen LogP contribution in [0.2, 0.25) is 0 Å². The second-order valence-electron chi connectivity index (χ2n) is 8.30. The van der Waals surface area contributed by atoms with Crippen LogP contribution in [0, 0.1) is 11.8 Å². The third-order valence-electron chi connectivity index (χ3n) is 4.16. The molecule has 12 heteroatoms. The van der Waals surface area contributed by atoms with Crippen LogP contribution in [0.25, 0.3) is 0 Å². The van der Waals surface area contributed by atoms with Gasteiger partial charge in [0.05, 0.1) is 17.1 Å². The Balaban J connectivity index is 2.56. The van der Waals surface area contributed by atoms with E-state index in [1.165, 1.54) is 6.07 Å². The SMILES string of the molecule is CC(C)CNC(=O)Nc1cc(C(=O)NCC(=O)NC(CCC(=O)O)C(=O)NCC(C)C)cs1. The maximum atomic E-state index is 12.3. The summed E-state index contributed by atoms with van der Waals surface area (Å²) in [6, 6.07) is 0.0904. The van der Waals surface area contributed by atoms with Crippen LogP contribution < -0.4 is 26.6 Å². The Kier molecular flexibility index (Phi) is 11.9. The number of hydrogen-bond donors (Lipinski definition) is 6. The van der Waals surface area contributed by atoms with E-state index < -0.39 is 36.3 Å². The molecule has 33 heavy (non-hydrogen) atoms. The summed E-state index contributed by atoms with van der Waals surface area (Å²) in [5.41, 5.74) is 0.268. The molecule has 0 aliphatic carbocycles. The monoisotopic (exact) mass is 483 g/mol. The number of amides is 5. The van der Waals surface area contributed by atoms with Crippen molar-refractivity contribution >= 4 is 46.1 Å². The molecule has 1 aromatic heterocycles. The fourth-order valence-electron chi connectivity index (χ4n) is 2.45. The first-order valence-electron chi connectivity index (χ1n) is 10.7. The Morgan fingerprint density at radius 2 is 1.61 bits per heavy atom. The average Bonchev–Trinajstić information content (AvgIpc) is 3.20. The zero-order valence-corrected chi connectivity index (χ0v) is 20.1. The molecule has 1 rings (SSSR count). The lowest BCUT2D eigenvalue weighted by Crippen LogP contribution is -2.50. The van der Waals surface area contributed by atoms with Gasteiger partial charge in [0.25, 0.3) is 5.91 Å². The lowest BCUT2D eigenvalue weighted by Gasteiger charge is -2.18. The Bertz CT molecular complexity index is 839. The molecule has 0 spiro atoms. The zero-order valence-electron chi connectivity index (χ0n) is 19.3. The van der Waals surface area contributed by atoms with Gasteiger partial charge in [0, 0.05) is 24.9 Å². The number of carboxylic acid groups (broad SMARTS) is 1. The number of carboxylic acids is 1. The Labute approximate surface area is 197 Å². The first-order chi connectivity index (χ1) is 15.5. The van der Waals surface area contributed by atoms with Gasteiger partial charge < -0.3 is 26.4 Å². The summed E-state index contributed by atoms with van der Waals surface area (Å²) < 4.78 is 0. The summed E-state index contributed by atoms with van der Waals surface area (Å²) in [7, 11) is 0. The zero-order chi connectivity index (χ0) is 25.0. The summed E-state index contributed by atoms with van der Waals surface area (Å²) in [6.45, 7) is 8.26. The van der Waals surface area contributed by atoms with Crippen LogP contribution in [0.1, 0.15) is 50.9 Å². The van der Waals surface area contributed by atoms with Crippen molar-refractivity contribution in [1.82, 2.24) is 21.3 Å². The van der Waals surface area contributed by atoms with Gasteiger partial charge in [0.1, 0.15) is 6.04 Å². The molecule has 184 valence electrons. The second-order valence-corrected chi connectivity index (χ2v) is 9.21. The molecule has 0 fully saturated rings. The number of hydrogen-bond acceptors (Lipinski definition) is 6. The van der Waals surface area contributed by atoms with E-state index in [1.807, 2.05) is 27.7 Å². The molecule has 11 nitrogen and oxygen atoms in total. The van der Waals surface area contributed by atoms with E-state index in [2.05, 4.69) is 26.6 Å². The lowest BCUT2D eigenvalue weighted by molar-refractivity contribution is -0.137. The van der Waals surface area contributed by atoms with Crippen LogP contribution in [0.4, 0.5) is 9.80 Å². The molecule has 1 atom stereocenters. The van der Waals surface area contributed by atoms with Crippen LogP contribution >= 0.6 is 11.3 Å². The highest BCUT2D eigenvalue weighted by molar-refractivity contribution is 7.14. The number of carbonyl (C=O) groups excluding carboxylic acids is 4. The lowest BCUT2D eigenvalue weighted by atomic mass is 10.1.